The summed E-state index contributed by atoms with van der Waals surface area (Å²) in [5, 5.41) is 15.3. The van der Waals surface area contributed by atoms with Crippen LogP contribution in [0.5, 0.6) is 0 Å². The van der Waals surface area contributed by atoms with Crippen LogP contribution in [0.25, 0.3) is 0 Å². The molecule has 27 heavy (non-hydrogen) atoms. The van der Waals surface area contributed by atoms with Gasteiger partial charge < -0.3 is 10.6 Å². The lowest BCUT2D eigenvalue weighted by atomic mass is 10.1. The van der Waals surface area contributed by atoms with Crippen molar-refractivity contribution in [2.45, 2.75) is 39.2 Å². The number of hydrogen-bond acceptors (Lipinski definition) is 4. The van der Waals surface area contributed by atoms with Gasteiger partial charge in [0.05, 0.1) is 11.6 Å². The highest BCUT2D eigenvalue weighted by Crippen LogP contribution is 2.26. The Kier molecular flexibility index (Phi) is 5.87. The third-order valence-corrected chi connectivity index (χ3v) is 4.93. The topological polar surface area (TPSA) is 82.0 Å². The normalized spacial score (nSPS) is 13.8. The molecule has 0 atom stereocenters. The monoisotopic (exact) mass is 361 g/mol. The lowest BCUT2D eigenvalue weighted by molar-refractivity contribution is -0.119. The minimum absolute atomic E-state index is 0.0560. The first-order chi connectivity index (χ1) is 13.1. The van der Waals surface area contributed by atoms with Gasteiger partial charge in [0.2, 0.25) is 5.91 Å². The van der Waals surface area contributed by atoms with Gasteiger partial charge in [-0.25, -0.2) is 0 Å². The van der Waals surface area contributed by atoms with Gasteiger partial charge in [0.15, 0.2) is 5.78 Å². The molecule has 2 aromatic rings. The van der Waals surface area contributed by atoms with Crippen molar-refractivity contribution in [2.75, 3.05) is 10.6 Å². The number of ketones is 1. The van der Waals surface area contributed by atoms with Crippen molar-refractivity contribution in [3.8, 4) is 6.07 Å². The molecule has 0 aromatic heterocycles. The number of Topliss-reactive ketones (excluding diaryl/α,β-unsaturated/α-hetero) is 1. The van der Waals surface area contributed by atoms with Crippen LogP contribution in [0.2, 0.25) is 0 Å². The fourth-order valence-corrected chi connectivity index (χ4v) is 3.46. The molecule has 0 spiro atoms. The molecule has 0 heterocycles. The van der Waals surface area contributed by atoms with Crippen molar-refractivity contribution >= 4 is 23.1 Å². The van der Waals surface area contributed by atoms with Gasteiger partial charge in [0.1, 0.15) is 0 Å². The van der Waals surface area contributed by atoms with E-state index < -0.39 is 0 Å². The van der Waals surface area contributed by atoms with Crippen molar-refractivity contribution in [3.63, 3.8) is 0 Å². The number of carbonyl (C=O) groups excluding carboxylic acids is 2. The third-order valence-electron chi connectivity index (χ3n) is 4.93. The number of benzene rings is 2. The lowest BCUT2D eigenvalue weighted by Crippen LogP contribution is -2.20. The molecule has 2 aromatic carbocycles. The van der Waals surface area contributed by atoms with Crippen LogP contribution in [-0.2, 0) is 11.3 Å². The Labute approximate surface area is 159 Å². The van der Waals surface area contributed by atoms with Gasteiger partial charge in [-0.05, 0) is 55.7 Å². The average molecular weight is 361 g/mol. The van der Waals surface area contributed by atoms with Gasteiger partial charge >= 0.3 is 0 Å². The van der Waals surface area contributed by atoms with Crippen molar-refractivity contribution in [2.24, 2.45) is 5.92 Å². The highest BCUT2D eigenvalue weighted by molar-refractivity contribution is 5.99. The van der Waals surface area contributed by atoms with Crippen LogP contribution >= 0.6 is 0 Å². The molecule has 0 unspecified atom stereocenters. The number of hydrogen-bond donors (Lipinski definition) is 2. The summed E-state index contributed by atoms with van der Waals surface area (Å²) in [5.74, 6) is 0.163. The molecule has 1 saturated carbocycles. The van der Waals surface area contributed by atoms with Crippen molar-refractivity contribution < 1.29 is 9.59 Å². The smallest absolute Gasteiger partial charge is 0.227 e. The molecule has 5 heteroatoms. The number of rotatable bonds is 6. The molecule has 0 saturated heterocycles. The number of nitrogens with zero attached hydrogens (tertiary/aromatic N) is 1. The summed E-state index contributed by atoms with van der Waals surface area (Å²) in [6.07, 6.45) is 4.19. The van der Waals surface area contributed by atoms with E-state index in [1.165, 1.54) is 6.92 Å². The van der Waals surface area contributed by atoms with Gasteiger partial charge in [-0.1, -0.05) is 25.0 Å². The summed E-state index contributed by atoms with van der Waals surface area (Å²) in [4.78, 5) is 24.1. The number of anilines is 2. The zero-order chi connectivity index (χ0) is 19.2. The standard InChI is InChI=1S/C22H23N3O2/c1-15(26)20-10-9-16(13-23)12-21(20)24-14-17-5-4-8-19(11-17)25-22(27)18-6-2-3-7-18/h4-5,8-12,18,24H,2-3,6-7,14H2,1H3,(H,25,27). The molecule has 0 bridgehead atoms. The first kappa shape index (κ1) is 18.7. The maximum atomic E-state index is 12.3. The van der Waals surface area contributed by atoms with Crippen LogP contribution in [0.15, 0.2) is 42.5 Å². The van der Waals surface area contributed by atoms with E-state index in [1.807, 2.05) is 24.3 Å². The van der Waals surface area contributed by atoms with Gasteiger partial charge in [-0.15, -0.1) is 0 Å². The fraction of sp³-hybridized carbons (Fsp3) is 0.318. The Bertz CT molecular complexity index is 893. The van der Waals surface area contributed by atoms with Crippen LogP contribution in [0.3, 0.4) is 0 Å². The number of amides is 1. The maximum absolute atomic E-state index is 12.3. The van der Waals surface area contributed by atoms with E-state index in [9.17, 15) is 9.59 Å². The lowest BCUT2D eigenvalue weighted by Gasteiger charge is -2.13. The molecule has 1 fully saturated rings. The molecule has 138 valence electrons. The van der Waals surface area contributed by atoms with Crippen LogP contribution in [0.1, 0.15) is 54.1 Å². The number of nitriles is 1. The summed E-state index contributed by atoms with van der Waals surface area (Å²) >= 11 is 0. The zero-order valence-corrected chi connectivity index (χ0v) is 15.4. The Morgan fingerprint density at radius 2 is 1.93 bits per heavy atom. The molecule has 1 aliphatic rings. The quantitative estimate of drug-likeness (QED) is 0.742. The van der Waals surface area contributed by atoms with E-state index >= 15 is 0 Å². The summed E-state index contributed by atoms with van der Waals surface area (Å²) < 4.78 is 0. The Morgan fingerprint density at radius 1 is 1.15 bits per heavy atom. The fourth-order valence-electron chi connectivity index (χ4n) is 3.46. The molecule has 0 aliphatic heterocycles. The predicted octanol–water partition coefficient (Wildman–Crippen LogP) is 4.50. The Balaban J connectivity index is 1.69. The van der Waals surface area contributed by atoms with Gasteiger partial charge in [-0.2, -0.15) is 5.26 Å². The van der Waals surface area contributed by atoms with Crippen LogP contribution in [-0.4, -0.2) is 11.7 Å². The summed E-state index contributed by atoms with van der Waals surface area (Å²) in [7, 11) is 0. The van der Waals surface area contributed by atoms with Crippen molar-refractivity contribution in [1.29, 1.82) is 5.26 Å². The minimum Gasteiger partial charge on any atom is -0.380 e. The van der Waals surface area contributed by atoms with Gasteiger partial charge in [0.25, 0.3) is 0 Å². The number of nitrogens with one attached hydrogen (secondary N) is 2. The van der Waals surface area contributed by atoms with Gasteiger partial charge in [0, 0.05) is 29.4 Å². The molecular formula is C22H23N3O2. The third kappa shape index (κ3) is 4.73. The van der Waals surface area contributed by atoms with Gasteiger partial charge in [-0.3, -0.25) is 9.59 Å². The molecule has 1 aliphatic carbocycles. The Hall–Kier alpha value is -3.13. The number of carbonyl (C=O) groups is 2. The summed E-state index contributed by atoms with van der Waals surface area (Å²) in [6, 6.07) is 14.8. The Morgan fingerprint density at radius 3 is 2.63 bits per heavy atom. The first-order valence-electron chi connectivity index (χ1n) is 9.25. The van der Waals surface area contributed by atoms with Crippen LogP contribution < -0.4 is 10.6 Å². The highest BCUT2D eigenvalue weighted by atomic mass is 16.2. The van der Waals surface area contributed by atoms with E-state index in [2.05, 4.69) is 16.7 Å². The second kappa shape index (κ2) is 8.50. The van der Waals surface area contributed by atoms with Crippen molar-refractivity contribution in [1.82, 2.24) is 0 Å². The van der Waals surface area contributed by atoms with Crippen LogP contribution in [0, 0.1) is 17.2 Å². The molecule has 2 N–H and O–H groups in total. The highest BCUT2D eigenvalue weighted by Gasteiger charge is 2.22. The summed E-state index contributed by atoms with van der Waals surface area (Å²) in [5.41, 5.74) is 3.46. The minimum atomic E-state index is -0.0560. The zero-order valence-electron chi connectivity index (χ0n) is 15.4. The molecule has 1 amide bonds. The van der Waals surface area contributed by atoms with E-state index in [1.54, 1.807) is 18.2 Å². The second-order valence-electron chi connectivity index (χ2n) is 6.95. The second-order valence-corrected chi connectivity index (χ2v) is 6.95. The van der Waals surface area contributed by atoms with E-state index in [-0.39, 0.29) is 17.6 Å². The van der Waals surface area contributed by atoms with E-state index in [0.717, 1.165) is 36.9 Å². The largest absolute Gasteiger partial charge is 0.380 e. The average Bonchev–Trinajstić information content (AvgIpc) is 3.21. The molecule has 0 radical (unpaired) electrons. The van der Waals surface area contributed by atoms with Crippen molar-refractivity contribution in [3.05, 3.63) is 59.2 Å². The SMILES string of the molecule is CC(=O)c1ccc(C#N)cc1NCc1cccc(NC(=O)C2CCCC2)c1. The van der Waals surface area contributed by atoms with E-state index in [0.29, 0.717) is 23.4 Å². The first-order valence-corrected chi connectivity index (χ1v) is 9.25. The molecular weight excluding hydrogens is 338 g/mol. The predicted molar refractivity (Wildman–Crippen MR) is 106 cm³/mol. The summed E-state index contributed by atoms with van der Waals surface area (Å²) in [6.45, 7) is 1.99. The molecule has 3 rings (SSSR count). The van der Waals surface area contributed by atoms with E-state index in [4.69, 9.17) is 5.26 Å². The molecule has 5 nitrogen and oxygen atoms in total. The van der Waals surface area contributed by atoms with Crippen LogP contribution in [0.4, 0.5) is 11.4 Å². The maximum Gasteiger partial charge on any atom is 0.227 e.